The summed E-state index contributed by atoms with van der Waals surface area (Å²) in [5, 5.41) is 3.82. The van der Waals surface area contributed by atoms with Crippen LogP contribution in [0, 0.1) is 0 Å². The highest BCUT2D eigenvalue weighted by atomic mass is 35.5. The molecule has 1 unspecified atom stereocenters. The summed E-state index contributed by atoms with van der Waals surface area (Å²) in [5.74, 6) is -0.385. The minimum atomic E-state index is -3.66. The first-order chi connectivity index (χ1) is 12.2. The number of amides is 1. The van der Waals surface area contributed by atoms with Gasteiger partial charge < -0.3 is 5.32 Å². The quantitative estimate of drug-likeness (QED) is 0.753. The lowest BCUT2D eigenvalue weighted by molar-refractivity contribution is -0.121. The molecule has 0 aliphatic carbocycles. The van der Waals surface area contributed by atoms with Gasteiger partial charge in [-0.25, -0.2) is 8.42 Å². The van der Waals surface area contributed by atoms with E-state index >= 15 is 0 Å². The van der Waals surface area contributed by atoms with Crippen molar-refractivity contribution in [3.63, 3.8) is 0 Å². The molecule has 8 heteroatoms. The second kappa shape index (κ2) is 8.75. The zero-order chi connectivity index (χ0) is 19.3. The Kier molecular flexibility index (Phi) is 6.92. The molecule has 0 radical (unpaired) electrons. The van der Waals surface area contributed by atoms with Gasteiger partial charge in [-0.15, -0.1) is 0 Å². The van der Waals surface area contributed by atoms with Gasteiger partial charge in [0.2, 0.25) is 15.9 Å². The molecule has 0 aliphatic rings. The van der Waals surface area contributed by atoms with E-state index in [4.69, 9.17) is 23.2 Å². The number of sulfonamides is 1. The van der Waals surface area contributed by atoms with Crippen LogP contribution >= 0.6 is 23.2 Å². The number of benzene rings is 2. The molecule has 1 atom stereocenters. The third kappa shape index (κ3) is 5.62. The van der Waals surface area contributed by atoms with E-state index in [2.05, 4.69) is 5.32 Å². The fraction of sp³-hybridized carbons (Fsp3) is 0.278. The highest BCUT2D eigenvalue weighted by molar-refractivity contribution is 7.92. The van der Waals surface area contributed by atoms with E-state index in [0.29, 0.717) is 28.7 Å². The van der Waals surface area contributed by atoms with Crippen LogP contribution in [-0.2, 0) is 21.2 Å². The van der Waals surface area contributed by atoms with Crippen LogP contribution in [-0.4, -0.2) is 33.2 Å². The summed E-state index contributed by atoms with van der Waals surface area (Å²) in [6.07, 6.45) is 1.68. The number of hydrogen-bond donors (Lipinski definition) is 1. The van der Waals surface area contributed by atoms with Crippen LogP contribution in [0.3, 0.4) is 0 Å². The normalized spacial score (nSPS) is 12.5. The molecule has 0 aliphatic heterocycles. The van der Waals surface area contributed by atoms with Gasteiger partial charge in [0.15, 0.2) is 0 Å². The summed E-state index contributed by atoms with van der Waals surface area (Å²) >= 11 is 11.8. The van der Waals surface area contributed by atoms with Crippen LogP contribution in [0.15, 0.2) is 48.5 Å². The van der Waals surface area contributed by atoms with E-state index in [1.54, 1.807) is 37.3 Å². The summed E-state index contributed by atoms with van der Waals surface area (Å²) in [5.41, 5.74) is 1.37. The van der Waals surface area contributed by atoms with Crippen molar-refractivity contribution in [2.45, 2.75) is 19.4 Å². The van der Waals surface area contributed by atoms with E-state index in [1.165, 1.54) is 6.07 Å². The maximum atomic E-state index is 12.5. The Balaban J connectivity index is 2.06. The fourth-order valence-corrected chi connectivity index (χ4v) is 4.03. The number of halogens is 2. The van der Waals surface area contributed by atoms with E-state index in [0.717, 1.165) is 16.1 Å². The summed E-state index contributed by atoms with van der Waals surface area (Å²) in [6.45, 7) is 1.93. The highest BCUT2D eigenvalue weighted by Crippen LogP contribution is 2.24. The van der Waals surface area contributed by atoms with Crippen LogP contribution in [0.2, 0.25) is 10.0 Å². The lowest BCUT2D eigenvalue weighted by atomic mass is 10.1. The van der Waals surface area contributed by atoms with Crippen molar-refractivity contribution in [1.29, 1.82) is 0 Å². The fourth-order valence-electron chi connectivity index (χ4n) is 2.55. The average Bonchev–Trinajstić information content (AvgIpc) is 2.55. The Morgan fingerprint density at radius 2 is 1.77 bits per heavy atom. The zero-order valence-electron chi connectivity index (χ0n) is 14.4. The van der Waals surface area contributed by atoms with Gasteiger partial charge in [-0.3, -0.25) is 9.10 Å². The van der Waals surface area contributed by atoms with Crippen molar-refractivity contribution >= 4 is 44.8 Å². The number of anilines is 1. The van der Waals surface area contributed by atoms with Gasteiger partial charge in [-0.05, 0) is 49.2 Å². The number of carbonyl (C=O) groups is 1. The molecule has 0 saturated carbocycles. The van der Waals surface area contributed by atoms with Crippen LogP contribution < -0.4 is 9.62 Å². The lowest BCUT2D eigenvalue weighted by Gasteiger charge is -2.28. The smallest absolute Gasteiger partial charge is 0.243 e. The van der Waals surface area contributed by atoms with Crippen LogP contribution in [0.25, 0.3) is 0 Å². The molecular formula is C18H20Cl2N2O3S. The molecule has 1 amide bonds. The molecule has 0 fully saturated rings. The van der Waals surface area contributed by atoms with Gasteiger partial charge in [-0.2, -0.15) is 0 Å². The molecule has 26 heavy (non-hydrogen) atoms. The van der Waals surface area contributed by atoms with Crippen LogP contribution in [0.4, 0.5) is 5.69 Å². The van der Waals surface area contributed by atoms with Crippen molar-refractivity contribution in [2.75, 3.05) is 17.1 Å². The van der Waals surface area contributed by atoms with Crippen LogP contribution in [0.5, 0.6) is 0 Å². The molecule has 2 aromatic rings. The first-order valence-electron chi connectivity index (χ1n) is 7.95. The minimum absolute atomic E-state index is 0.348. The second-order valence-corrected chi connectivity index (χ2v) is 8.61. The Morgan fingerprint density at radius 3 is 2.35 bits per heavy atom. The van der Waals surface area contributed by atoms with Crippen molar-refractivity contribution in [1.82, 2.24) is 5.32 Å². The predicted octanol–water partition coefficient (Wildman–Crippen LogP) is 3.51. The standard InChI is InChI=1S/C18H20Cl2N2O3S/c1-13(18(23)21-11-10-14-6-8-15(19)9-7-14)22(26(2,24)25)17-5-3-4-16(20)12-17/h3-9,12-13H,10-11H2,1-2H3,(H,21,23). The third-order valence-corrected chi connectivity index (χ3v) is 5.51. The minimum Gasteiger partial charge on any atom is -0.354 e. The topological polar surface area (TPSA) is 66.5 Å². The third-order valence-electron chi connectivity index (χ3n) is 3.78. The van der Waals surface area contributed by atoms with Gasteiger partial charge in [0, 0.05) is 16.6 Å². The second-order valence-electron chi connectivity index (χ2n) is 5.88. The number of hydrogen-bond acceptors (Lipinski definition) is 3. The van der Waals surface area contributed by atoms with Crippen molar-refractivity contribution in [2.24, 2.45) is 0 Å². The Morgan fingerprint density at radius 1 is 1.12 bits per heavy atom. The highest BCUT2D eigenvalue weighted by Gasteiger charge is 2.29. The van der Waals surface area contributed by atoms with E-state index in [-0.39, 0.29) is 5.91 Å². The SMILES string of the molecule is CC(C(=O)NCCc1ccc(Cl)cc1)N(c1cccc(Cl)c1)S(C)(=O)=O. The van der Waals surface area contributed by atoms with Gasteiger partial charge in [0.25, 0.3) is 0 Å². The van der Waals surface area contributed by atoms with E-state index < -0.39 is 16.1 Å². The molecule has 2 aromatic carbocycles. The van der Waals surface area contributed by atoms with Crippen molar-refractivity contribution < 1.29 is 13.2 Å². The Bertz CT molecular complexity index is 870. The molecule has 5 nitrogen and oxygen atoms in total. The first-order valence-corrected chi connectivity index (χ1v) is 10.6. The van der Waals surface area contributed by atoms with Gasteiger partial charge in [0.05, 0.1) is 11.9 Å². The number of rotatable bonds is 7. The van der Waals surface area contributed by atoms with Gasteiger partial charge in [-0.1, -0.05) is 41.4 Å². The summed E-state index contributed by atoms with van der Waals surface area (Å²) < 4.78 is 25.5. The first kappa shape index (κ1) is 20.6. The Hall–Kier alpha value is -1.76. The molecular weight excluding hydrogens is 395 g/mol. The molecule has 0 aromatic heterocycles. The van der Waals surface area contributed by atoms with Gasteiger partial charge >= 0.3 is 0 Å². The maximum Gasteiger partial charge on any atom is 0.243 e. The predicted molar refractivity (Wildman–Crippen MR) is 106 cm³/mol. The molecule has 0 spiro atoms. The van der Waals surface area contributed by atoms with Crippen molar-refractivity contribution in [3.05, 3.63) is 64.1 Å². The maximum absolute atomic E-state index is 12.5. The summed E-state index contributed by atoms with van der Waals surface area (Å²) in [7, 11) is -3.66. The van der Waals surface area contributed by atoms with E-state index in [1.807, 2.05) is 12.1 Å². The lowest BCUT2D eigenvalue weighted by Crippen LogP contribution is -2.48. The number of nitrogens with one attached hydrogen (secondary N) is 1. The molecule has 140 valence electrons. The zero-order valence-corrected chi connectivity index (χ0v) is 16.8. The summed E-state index contributed by atoms with van der Waals surface area (Å²) in [4.78, 5) is 12.5. The monoisotopic (exact) mass is 414 g/mol. The number of carbonyl (C=O) groups excluding carboxylic acids is 1. The molecule has 0 saturated heterocycles. The largest absolute Gasteiger partial charge is 0.354 e. The molecule has 0 bridgehead atoms. The average molecular weight is 415 g/mol. The molecule has 1 N–H and O–H groups in total. The molecule has 0 heterocycles. The Labute approximate surface area is 164 Å². The molecule has 2 rings (SSSR count). The summed E-state index contributed by atoms with van der Waals surface area (Å²) in [6, 6.07) is 12.8. The van der Waals surface area contributed by atoms with Gasteiger partial charge in [0.1, 0.15) is 6.04 Å². The number of nitrogens with zero attached hydrogens (tertiary/aromatic N) is 1. The van der Waals surface area contributed by atoms with E-state index in [9.17, 15) is 13.2 Å². The van der Waals surface area contributed by atoms with Crippen LogP contribution in [0.1, 0.15) is 12.5 Å². The van der Waals surface area contributed by atoms with Crippen molar-refractivity contribution in [3.8, 4) is 0 Å².